The highest BCUT2D eigenvalue weighted by Crippen LogP contribution is 2.50. The van der Waals surface area contributed by atoms with Crippen molar-refractivity contribution in [2.45, 2.75) is 77.2 Å². The van der Waals surface area contributed by atoms with Gasteiger partial charge in [-0.05, 0) is 45.6 Å². The molecule has 4 fully saturated rings. The molecule has 0 aromatic heterocycles. The van der Waals surface area contributed by atoms with Crippen molar-refractivity contribution in [1.29, 1.82) is 0 Å². The van der Waals surface area contributed by atoms with Crippen LogP contribution in [0.2, 0.25) is 0 Å². The maximum absolute atomic E-state index is 12.1. The average molecular weight is 418 g/mol. The van der Waals surface area contributed by atoms with Crippen LogP contribution in [-0.4, -0.2) is 54.8 Å². The Kier molecular flexibility index (Phi) is 4.84. The molecule has 0 bridgehead atoms. The second-order valence-electron chi connectivity index (χ2n) is 9.47. The van der Waals surface area contributed by atoms with E-state index < -0.39 is 0 Å². The van der Waals surface area contributed by atoms with Gasteiger partial charge < -0.3 is 18.9 Å². The van der Waals surface area contributed by atoms with Crippen LogP contribution in [0.1, 0.15) is 52.9 Å². The second-order valence-corrected chi connectivity index (χ2v) is 9.47. The van der Waals surface area contributed by atoms with Gasteiger partial charge in [0.25, 0.3) is 0 Å². The molecule has 0 N–H and O–H groups in total. The van der Waals surface area contributed by atoms with Crippen LogP contribution in [0.3, 0.4) is 0 Å². The molecule has 0 aromatic rings. The molecular formula is C23H31NO6. The lowest BCUT2D eigenvalue weighted by molar-refractivity contribution is -0.146. The first-order valence-electron chi connectivity index (χ1n) is 11.2. The molecule has 7 heteroatoms. The molecule has 0 radical (unpaired) electrons. The molecule has 4 saturated heterocycles. The summed E-state index contributed by atoms with van der Waals surface area (Å²) in [4.78, 5) is 26.7. The van der Waals surface area contributed by atoms with Gasteiger partial charge in [-0.2, -0.15) is 0 Å². The summed E-state index contributed by atoms with van der Waals surface area (Å²) in [5.41, 5.74) is 0.489. The molecular weight excluding hydrogens is 386 g/mol. The lowest BCUT2D eigenvalue weighted by atomic mass is 9.82. The van der Waals surface area contributed by atoms with E-state index >= 15 is 0 Å². The van der Waals surface area contributed by atoms with E-state index in [9.17, 15) is 9.59 Å². The van der Waals surface area contributed by atoms with Gasteiger partial charge in [-0.1, -0.05) is 13.8 Å². The van der Waals surface area contributed by atoms with E-state index in [-0.39, 0.29) is 36.0 Å². The number of nitrogens with zero attached hydrogens (tertiary/aromatic N) is 1. The number of hydrogen-bond donors (Lipinski definition) is 0. The molecule has 0 amide bonds. The number of cyclic esters (lactones) is 2. The number of carbonyl (C=O) groups is 2. The molecule has 0 aromatic carbocycles. The summed E-state index contributed by atoms with van der Waals surface area (Å²) in [6.07, 6.45) is 5.09. The van der Waals surface area contributed by atoms with Crippen molar-refractivity contribution in [1.82, 2.24) is 4.90 Å². The van der Waals surface area contributed by atoms with Crippen LogP contribution in [0.4, 0.5) is 0 Å². The van der Waals surface area contributed by atoms with Gasteiger partial charge in [-0.3, -0.25) is 9.69 Å². The summed E-state index contributed by atoms with van der Waals surface area (Å²) in [6, 6.07) is 0.686. The van der Waals surface area contributed by atoms with E-state index in [4.69, 9.17) is 18.9 Å². The molecule has 0 aliphatic carbocycles. The number of ether oxygens (including phenoxy) is 4. The van der Waals surface area contributed by atoms with Crippen LogP contribution in [0, 0.1) is 17.8 Å². The summed E-state index contributed by atoms with van der Waals surface area (Å²) < 4.78 is 23.2. The Morgan fingerprint density at radius 1 is 1.03 bits per heavy atom. The van der Waals surface area contributed by atoms with Crippen LogP contribution >= 0.6 is 0 Å². The summed E-state index contributed by atoms with van der Waals surface area (Å²) in [6.45, 7) is 6.88. The van der Waals surface area contributed by atoms with Gasteiger partial charge in [0.05, 0.1) is 18.6 Å². The third-order valence-electron chi connectivity index (χ3n) is 7.82. The molecule has 5 aliphatic rings. The zero-order valence-electron chi connectivity index (χ0n) is 18.2. The van der Waals surface area contributed by atoms with E-state index in [1.165, 1.54) is 0 Å². The maximum atomic E-state index is 12.1. The Hall–Kier alpha value is -2.02. The summed E-state index contributed by atoms with van der Waals surface area (Å²) in [5.74, 6) is 1.73. The molecule has 30 heavy (non-hydrogen) atoms. The van der Waals surface area contributed by atoms with Crippen molar-refractivity contribution in [2.75, 3.05) is 13.7 Å². The van der Waals surface area contributed by atoms with Crippen LogP contribution in [0.15, 0.2) is 22.9 Å². The fourth-order valence-corrected chi connectivity index (χ4v) is 6.36. The minimum absolute atomic E-state index is 0.00149. The monoisotopic (exact) mass is 417 g/mol. The lowest BCUT2D eigenvalue weighted by Gasteiger charge is -2.35. The van der Waals surface area contributed by atoms with Crippen LogP contribution in [0.5, 0.6) is 0 Å². The molecule has 5 rings (SSSR count). The number of esters is 2. The van der Waals surface area contributed by atoms with E-state index in [0.717, 1.165) is 44.4 Å². The third-order valence-corrected chi connectivity index (χ3v) is 7.82. The predicted molar refractivity (Wildman–Crippen MR) is 107 cm³/mol. The Bertz CT molecular complexity index is 832. The molecule has 7 nitrogen and oxygen atoms in total. The number of carbonyl (C=O) groups excluding carboxylic acids is 2. The van der Waals surface area contributed by atoms with Crippen molar-refractivity contribution in [3.05, 3.63) is 22.9 Å². The molecule has 5 heterocycles. The number of rotatable bonds is 2. The molecule has 5 aliphatic heterocycles. The van der Waals surface area contributed by atoms with Crippen molar-refractivity contribution < 1.29 is 28.5 Å². The third kappa shape index (κ3) is 2.88. The smallest absolute Gasteiger partial charge is 0.343 e. The highest BCUT2D eigenvalue weighted by molar-refractivity contribution is 5.93. The van der Waals surface area contributed by atoms with Gasteiger partial charge in [0.15, 0.2) is 5.76 Å². The summed E-state index contributed by atoms with van der Waals surface area (Å²) in [7, 11) is 1.56. The van der Waals surface area contributed by atoms with Crippen LogP contribution in [0.25, 0.3) is 0 Å². The van der Waals surface area contributed by atoms with E-state index in [0.29, 0.717) is 35.1 Å². The van der Waals surface area contributed by atoms with Crippen molar-refractivity contribution in [3.63, 3.8) is 0 Å². The zero-order valence-corrected chi connectivity index (χ0v) is 18.2. The van der Waals surface area contributed by atoms with E-state index in [1.54, 1.807) is 14.0 Å². The van der Waals surface area contributed by atoms with Gasteiger partial charge in [-0.15, -0.1) is 0 Å². The zero-order chi connectivity index (χ0) is 21.2. The molecule has 0 saturated carbocycles. The molecule has 0 spiro atoms. The maximum Gasteiger partial charge on any atom is 0.343 e. The SMILES string of the molecule is COC1=C(C)C(=O)OC1=C1OC2CCCN3C(C4CC(C)C(=O)O4)CCC3C2C1C. The van der Waals surface area contributed by atoms with Crippen molar-refractivity contribution in [2.24, 2.45) is 17.8 Å². The summed E-state index contributed by atoms with van der Waals surface area (Å²) >= 11 is 0. The predicted octanol–water partition coefficient (Wildman–Crippen LogP) is 2.90. The number of fused-ring (bicyclic) bond motifs is 3. The first kappa shape index (κ1) is 19.9. The Balaban J connectivity index is 1.42. The minimum atomic E-state index is -0.364. The quantitative estimate of drug-likeness (QED) is 0.640. The topological polar surface area (TPSA) is 74.3 Å². The fraction of sp³-hybridized carbons (Fsp3) is 0.739. The largest absolute Gasteiger partial charge is 0.492 e. The Morgan fingerprint density at radius 3 is 2.50 bits per heavy atom. The van der Waals surface area contributed by atoms with Crippen molar-refractivity contribution in [3.8, 4) is 0 Å². The number of allylic oxidation sites excluding steroid dienone is 1. The normalized spacial score (nSPS) is 43.8. The minimum Gasteiger partial charge on any atom is -0.492 e. The molecule has 164 valence electrons. The lowest BCUT2D eigenvalue weighted by Crippen LogP contribution is -2.46. The standard InChI is InChI=1S/C23H31NO6/c1-11-10-17(29-22(11)25)14-7-8-15-18-12(2)20(28-16(18)6-5-9-24(14)15)21-19(27-4)13(3)23(26)30-21/h11-12,14-18H,5-10H2,1-4H3. The van der Waals surface area contributed by atoms with E-state index in [2.05, 4.69) is 11.8 Å². The van der Waals surface area contributed by atoms with Crippen LogP contribution < -0.4 is 0 Å². The average Bonchev–Trinajstić information content (AvgIpc) is 3.40. The Morgan fingerprint density at radius 2 is 1.80 bits per heavy atom. The molecule has 7 atom stereocenters. The van der Waals surface area contributed by atoms with Gasteiger partial charge in [0.1, 0.15) is 18.0 Å². The summed E-state index contributed by atoms with van der Waals surface area (Å²) in [5, 5.41) is 0. The first-order chi connectivity index (χ1) is 14.4. The highest BCUT2D eigenvalue weighted by atomic mass is 16.6. The van der Waals surface area contributed by atoms with Gasteiger partial charge in [0.2, 0.25) is 5.76 Å². The number of hydrogen-bond acceptors (Lipinski definition) is 7. The highest BCUT2D eigenvalue weighted by Gasteiger charge is 2.54. The van der Waals surface area contributed by atoms with Gasteiger partial charge in [0, 0.05) is 23.9 Å². The fourth-order valence-electron chi connectivity index (χ4n) is 6.36. The van der Waals surface area contributed by atoms with Gasteiger partial charge >= 0.3 is 11.9 Å². The van der Waals surface area contributed by atoms with Gasteiger partial charge in [-0.25, -0.2) is 4.79 Å². The van der Waals surface area contributed by atoms with Crippen LogP contribution in [-0.2, 0) is 28.5 Å². The number of methoxy groups -OCH3 is 1. The Labute approximate surface area is 177 Å². The molecule has 7 unspecified atom stereocenters. The van der Waals surface area contributed by atoms with E-state index in [1.807, 2.05) is 6.92 Å². The second kappa shape index (κ2) is 7.29. The first-order valence-corrected chi connectivity index (χ1v) is 11.2. The van der Waals surface area contributed by atoms with Crippen molar-refractivity contribution >= 4 is 11.9 Å².